The van der Waals surface area contributed by atoms with Crippen molar-refractivity contribution in [1.82, 2.24) is 10.2 Å². The zero-order chi connectivity index (χ0) is 23.8. The molecule has 2 unspecified atom stereocenters. The van der Waals surface area contributed by atoms with Gasteiger partial charge in [-0.05, 0) is 54.9 Å². The number of alkyl carbamates (subject to hydrolysis) is 1. The molecule has 1 saturated carbocycles. The Kier molecular flexibility index (Phi) is 6.02. The van der Waals surface area contributed by atoms with E-state index in [9.17, 15) is 19.5 Å². The van der Waals surface area contributed by atoms with Crippen molar-refractivity contribution in [1.29, 1.82) is 0 Å². The number of carbonyl (C=O) groups is 3. The fourth-order valence-corrected chi connectivity index (χ4v) is 5.59. The third kappa shape index (κ3) is 4.15. The second kappa shape index (κ2) is 9.12. The molecule has 2 amide bonds. The minimum atomic E-state index is -0.840. The van der Waals surface area contributed by atoms with Crippen LogP contribution in [-0.4, -0.2) is 53.2 Å². The predicted octanol–water partition coefficient (Wildman–Crippen LogP) is 4.02. The first-order valence-electron chi connectivity index (χ1n) is 12.1. The monoisotopic (exact) mass is 462 g/mol. The van der Waals surface area contributed by atoms with Crippen LogP contribution in [0.5, 0.6) is 0 Å². The molecule has 0 spiro atoms. The summed E-state index contributed by atoms with van der Waals surface area (Å²) in [4.78, 5) is 38.5. The fraction of sp³-hybridized carbons (Fsp3) is 0.444. The molecule has 34 heavy (non-hydrogen) atoms. The Morgan fingerprint density at radius 1 is 0.971 bits per heavy atom. The number of nitrogens with one attached hydrogen (secondary N) is 1. The van der Waals surface area contributed by atoms with Gasteiger partial charge in [-0.15, -0.1) is 0 Å². The van der Waals surface area contributed by atoms with Gasteiger partial charge >= 0.3 is 12.1 Å². The van der Waals surface area contributed by atoms with E-state index >= 15 is 0 Å². The van der Waals surface area contributed by atoms with Crippen LogP contribution in [0.3, 0.4) is 0 Å². The molecule has 7 heteroatoms. The Bertz CT molecular complexity index is 1060. The molecular formula is C27H30N2O5. The highest BCUT2D eigenvalue weighted by atomic mass is 16.5. The van der Waals surface area contributed by atoms with Crippen LogP contribution in [-0.2, 0) is 14.3 Å². The number of piperidine rings is 1. The number of fused-ring (bicyclic) bond motifs is 3. The minimum absolute atomic E-state index is 0.00374. The van der Waals surface area contributed by atoms with Crippen molar-refractivity contribution < 1.29 is 24.2 Å². The standard InChI is InChI=1S/C27H30N2O5/c1-16-10-11-17(26(31)32)14-29(16)25(30)18-12-19(13-18)28-27(33)34-15-24-22-8-4-2-6-20(22)21-7-3-5-9-23(21)24/h2-9,16-19,24H,10-15H2,1H3,(H,28,33)(H,31,32). The largest absolute Gasteiger partial charge is 0.481 e. The Labute approximate surface area is 199 Å². The molecule has 1 saturated heterocycles. The highest BCUT2D eigenvalue weighted by molar-refractivity contribution is 5.82. The van der Waals surface area contributed by atoms with E-state index in [2.05, 4.69) is 29.6 Å². The second-order valence-electron chi connectivity index (χ2n) is 9.79. The van der Waals surface area contributed by atoms with Crippen LogP contribution in [0.15, 0.2) is 48.5 Å². The number of hydrogen-bond donors (Lipinski definition) is 2. The maximum atomic E-state index is 12.9. The predicted molar refractivity (Wildman–Crippen MR) is 126 cm³/mol. The minimum Gasteiger partial charge on any atom is -0.481 e. The number of amides is 2. The number of carboxylic acid groups (broad SMARTS) is 1. The Hall–Kier alpha value is -3.35. The molecule has 0 radical (unpaired) electrons. The van der Waals surface area contributed by atoms with Gasteiger partial charge in [0, 0.05) is 30.5 Å². The van der Waals surface area contributed by atoms with Crippen LogP contribution in [0.1, 0.15) is 49.7 Å². The van der Waals surface area contributed by atoms with E-state index < -0.39 is 18.0 Å². The molecule has 7 nitrogen and oxygen atoms in total. The van der Waals surface area contributed by atoms with Crippen molar-refractivity contribution in [3.05, 3.63) is 59.7 Å². The number of aliphatic carboxylic acids is 1. The van der Waals surface area contributed by atoms with Crippen molar-refractivity contribution >= 4 is 18.0 Å². The molecule has 0 bridgehead atoms. The van der Waals surface area contributed by atoms with E-state index in [1.807, 2.05) is 31.2 Å². The lowest BCUT2D eigenvalue weighted by Crippen LogP contribution is -2.54. The van der Waals surface area contributed by atoms with E-state index in [1.54, 1.807) is 4.90 Å². The van der Waals surface area contributed by atoms with Crippen molar-refractivity contribution in [3.8, 4) is 11.1 Å². The molecule has 2 N–H and O–H groups in total. The molecule has 178 valence electrons. The van der Waals surface area contributed by atoms with Crippen LogP contribution >= 0.6 is 0 Å². The maximum Gasteiger partial charge on any atom is 0.407 e. The van der Waals surface area contributed by atoms with E-state index in [4.69, 9.17) is 4.74 Å². The number of carbonyl (C=O) groups excluding carboxylic acids is 2. The lowest BCUT2D eigenvalue weighted by atomic mass is 9.78. The lowest BCUT2D eigenvalue weighted by molar-refractivity contribution is -0.150. The van der Waals surface area contributed by atoms with E-state index in [0.717, 1.165) is 0 Å². The van der Waals surface area contributed by atoms with Gasteiger partial charge in [0.1, 0.15) is 6.61 Å². The number of carboxylic acids is 1. The molecule has 5 rings (SSSR count). The summed E-state index contributed by atoms with van der Waals surface area (Å²) in [5.41, 5.74) is 4.70. The average molecular weight is 463 g/mol. The molecule has 0 aromatic heterocycles. The molecule has 2 atom stereocenters. The SMILES string of the molecule is CC1CCC(C(=O)O)CN1C(=O)C1CC(NC(=O)OCC2c3ccccc3-c3ccccc32)C1. The number of hydrogen-bond acceptors (Lipinski definition) is 4. The molecule has 1 heterocycles. The molecule has 1 aliphatic heterocycles. The number of likely N-dealkylation sites (tertiary alicyclic amines) is 1. The molecule has 2 aliphatic carbocycles. The van der Waals surface area contributed by atoms with Gasteiger partial charge in [0.15, 0.2) is 0 Å². The first-order valence-corrected chi connectivity index (χ1v) is 12.1. The first kappa shape index (κ1) is 22.4. The van der Waals surface area contributed by atoms with E-state index in [-0.39, 0.29) is 43.0 Å². The smallest absolute Gasteiger partial charge is 0.407 e. The summed E-state index contributed by atoms with van der Waals surface area (Å²) >= 11 is 0. The number of benzene rings is 2. The lowest BCUT2D eigenvalue weighted by Gasteiger charge is -2.42. The van der Waals surface area contributed by atoms with Gasteiger partial charge in [-0.3, -0.25) is 9.59 Å². The van der Waals surface area contributed by atoms with Gasteiger partial charge in [-0.2, -0.15) is 0 Å². The van der Waals surface area contributed by atoms with Crippen molar-refractivity contribution in [3.63, 3.8) is 0 Å². The van der Waals surface area contributed by atoms with Crippen LogP contribution < -0.4 is 5.32 Å². The summed E-state index contributed by atoms with van der Waals surface area (Å²) in [5.74, 6) is -1.49. The van der Waals surface area contributed by atoms with Crippen LogP contribution in [0.25, 0.3) is 11.1 Å². The first-order chi connectivity index (χ1) is 16.4. The zero-order valence-corrected chi connectivity index (χ0v) is 19.3. The van der Waals surface area contributed by atoms with Gasteiger partial charge < -0.3 is 20.1 Å². The molecule has 2 fully saturated rings. The summed E-state index contributed by atoms with van der Waals surface area (Å²) in [6.45, 7) is 2.51. The molecular weight excluding hydrogens is 432 g/mol. The summed E-state index contributed by atoms with van der Waals surface area (Å²) in [6.07, 6.45) is 1.97. The Morgan fingerprint density at radius 2 is 1.59 bits per heavy atom. The zero-order valence-electron chi connectivity index (χ0n) is 19.3. The molecule has 3 aliphatic rings. The van der Waals surface area contributed by atoms with Gasteiger partial charge in [0.25, 0.3) is 0 Å². The molecule has 2 aromatic carbocycles. The Balaban J connectivity index is 1.12. The number of ether oxygens (including phenoxy) is 1. The van der Waals surface area contributed by atoms with Gasteiger partial charge in [0.2, 0.25) is 5.91 Å². The third-order valence-electron chi connectivity index (χ3n) is 7.67. The van der Waals surface area contributed by atoms with Crippen LogP contribution in [0, 0.1) is 11.8 Å². The average Bonchev–Trinajstić information content (AvgIpc) is 3.13. The highest BCUT2D eigenvalue weighted by Gasteiger charge is 2.41. The van der Waals surface area contributed by atoms with Crippen molar-refractivity contribution in [2.45, 2.75) is 50.6 Å². The fourth-order valence-electron chi connectivity index (χ4n) is 5.59. The summed E-state index contributed by atoms with van der Waals surface area (Å²) in [5, 5.41) is 12.2. The van der Waals surface area contributed by atoms with Crippen molar-refractivity contribution in [2.24, 2.45) is 11.8 Å². The van der Waals surface area contributed by atoms with Crippen molar-refractivity contribution in [2.75, 3.05) is 13.2 Å². The van der Waals surface area contributed by atoms with Crippen LogP contribution in [0.4, 0.5) is 4.79 Å². The highest BCUT2D eigenvalue weighted by Crippen LogP contribution is 2.44. The van der Waals surface area contributed by atoms with Gasteiger partial charge in [0.05, 0.1) is 5.92 Å². The van der Waals surface area contributed by atoms with Gasteiger partial charge in [-0.25, -0.2) is 4.79 Å². The summed E-state index contributed by atoms with van der Waals surface area (Å²) < 4.78 is 5.60. The summed E-state index contributed by atoms with van der Waals surface area (Å²) in [6, 6.07) is 16.4. The quantitative estimate of drug-likeness (QED) is 0.700. The van der Waals surface area contributed by atoms with E-state index in [1.165, 1.54) is 22.3 Å². The maximum absolute atomic E-state index is 12.9. The Morgan fingerprint density at radius 3 is 2.21 bits per heavy atom. The third-order valence-corrected chi connectivity index (χ3v) is 7.67. The van der Waals surface area contributed by atoms with Gasteiger partial charge in [-0.1, -0.05) is 48.5 Å². The summed E-state index contributed by atoms with van der Waals surface area (Å²) in [7, 11) is 0. The normalized spacial score (nSPS) is 25.6. The number of nitrogens with zero attached hydrogens (tertiary/aromatic N) is 1. The number of rotatable bonds is 5. The topological polar surface area (TPSA) is 95.9 Å². The second-order valence-corrected chi connectivity index (χ2v) is 9.79. The van der Waals surface area contributed by atoms with E-state index in [0.29, 0.717) is 25.7 Å². The molecule has 2 aromatic rings. The van der Waals surface area contributed by atoms with Crippen LogP contribution in [0.2, 0.25) is 0 Å².